The maximum atomic E-state index is 12.3. The molecule has 0 aromatic heterocycles. The van der Waals surface area contributed by atoms with E-state index < -0.39 is 16.0 Å². The average molecular weight is 325 g/mol. The van der Waals surface area contributed by atoms with Gasteiger partial charge in [-0.2, -0.15) is 0 Å². The molecule has 0 spiro atoms. The first-order valence-corrected chi connectivity index (χ1v) is 8.48. The van der Waals surface area contributed by atoms with Crippen molar-refractivity contribution >= 4 is 27.6 Å². The van der Waals surface area contributed by atoms with Crippen LogP contribution in [0.5, 0.6) is 0 Å². The fourth-order valence-corrected chi connectivity index (χ4v) is 3.23. The number of anilines is 1. The van der Waals surface area contributed by atoms with Gasteiger partial charge in [0.15, 0.2) is 0 Å². The van der Waals surface area contributed by atoms with Gasteiger partial charge in [0.25, 0.3) is 10.0 Å². The molecule has 7 nitrogen and oxygen atoms in total. The molecular weight excluding hydrogens is 306 g/mol. The Morgan fingerprint density at radius 1 is 1.36 bits per heavy atom. The SMILES string of the molecule is CC(C)c1ccc2c(c1)S(=O)(=O)NC(=NCCCC(=O)O)N2. The molecule has 1 aliphatic rings. The maximum absolute atomic E-state index is 12.3. The van der Waals surface area contributed by atoms with Crippen LogP contribution in [-0.2, 0) is 14.8 Å². The number of guanidine groups is 1. The van der Waals surface area contributed by atoms with E-state index in [-0.39, 0.29) is 29.7 Å². The Morgan fingerprint density at radius 3 is 2.73 bits per heavy atom. The highest BCUT2D eigenvalue weighted by Crippen LogP contribution is 2.28. The minimum Gasteiger partial charge on any atom is -0.481 e. The lowest BCUT2D eigenvalue weighted by Gasteiger charge is -2.22. The molecule has 0 bridgehead atoms. The van der Waals surface area contributed by atoms with Gasteiger partial charge >= 0.3 is 5.97 Å². The zero-order valence-corrected chi connectivity index (χ0v) is 13.3. The molecule has 1 heterocycles. The molecular formula is C14H19N3O4S. The summed E-state index contributed by atoms with van der Waals surface area (Å²) in [4.78, 5) is 14.7. The number of sulfonamides is 1. The zero-order valence-electron chi connectivity index (χ0n) is 12.5. The number of benzene rings is 1. The Bertz CT molecular complexity index is 711. The number of carbonyl (C=O) groups is 1. The second kappa shape index (κ2) is 6.35. The van der Waals surface area contributed by atoms with E-state index >= 15 is 0 Å². The Balaban J connectivity index is 2.20. The number of aliphatic carboxylic acids is 1. The summed E-state index contributed by atoms with van der Waals surface area (Å²) in [6.45, 7) is 4.22. The summed E-state index contributed by atoms with van der Waals surface area (Å²) >= 11 is 0. The number of hydrogen-bond acceptors (Lipinski definition) is 4. The molecule has 22 heavy (non-hydrogen) atoms. The van der Waals surface area contributed by atoms with E-state index in [9.17, 15) is 13.2 Å². The summed E-state index contributed by atoms with van der Waals surface area (Å²) in [7, 11) is -3.66. The lowest BCUT2D eigenvalue weighted by atomic mass is 10.0. The smallest absolute Gasteiger partial charge is 0.303 e. The van der Waals surface area contributed by atoms with E-state index in [4.69, 9.17) is 5.11 Å². The van der Waals surface area contributed by atoms with E-state index in [0.29, 0.717) is 12.1 Å². The van der Waals surface area contributed by atoms with E-state index in [2.05, 4.69) is 15.0 Å². The van der Waals surface area contributed by atoms with Crippen LogP contribution < -0.4 is 10.0 Å². The standard InChI is InChI=1S/C14H19N3O4S/c1-9(2)10-5-6-11-12(8-10)22(20,21)17-14(16-11)15-7-3-4-13(18)19/h5-6,8-9H,3-4,7H2,1-2H3,(H,18,19)(H2,15,16,17). The van der Waals surface area contributed by atoms with Crippen molar-refractivity contribution in [2.24, 2.45) is 4.99 Å². The minimum atomic E-state index is -3.66. The molecule has 0 fully saturated rings. The molecule has 2 rings (SSSR count). The number of aliphatic imine (C=N–C) groups is 1. The molecule has 0 amide bonds. The zero-order chi connectivity index (χ0) is 16.3. The van der Waals surface area contributed by atoms with Crippen molar-refractivity contribution in [3.05, 3.63) is 23.8 Å². The number of nitrogens with zero attached hydrogens (tertiary/aromatic N) is 1. The highest BCUT2D eigenvalue weighted by molar-refractivity contribution is 7.90. The Kier molecular flexibility index (Phi) is 4.70. The Morgan fingerprint density at radius 2 is 2.09 bits per heavy atom. The van der Waals surface area contributed by atoms with Crippen molar-refractivity contribution in [1.29, 1.82) is 0 Å². The van der Waals surface area contributed by atoms with Gasteiger partial charge in [0.2, 0.25) is 5.96 Å². The molecule has 0 saturated heterocycles. The topological polar surface area (TPSA) is 108 Å². The molecule has 1 aromatic carbocycles. The lowest BCUT2D eigenvalue weighted by molar-refractivity contribution is -0.137. The van der Waals surface area contributed by atoms with Gasteiger partial charge in [0, 0.05) is 13.0 Å². The molecule has 1 aromatic rings. The van der Waals surface area contributed by atoms with Crippen LogP contribution in [0, 0.1) is 0 Å². The quantitative estimate of drug-likeness (QED) is 0.715. The number of carboxylic acid groups (broad SMARTS) is 1. The maximum Gasteiger partial charge on any atom is 0.303 e. The molecule has 8 heteroatoms. The third-order valence-electron chi connectivity index (χ3n) is 3.26. The monoisotopic (exact) mass is 325 g/mol. The van der Waals surface area contributed by atoms with E-state index in [0.717, 1.165) is 5.56 Å². The largest absolute Gasteiger partial charge is 0.481 e. The van der Waals surface area contributed by atoms with Crippen molar-refractivity contribution in [3.63, 3.8) is 0 Å². The highest BCUT2D eigenvalue weighted by Gasteiger charge is 2.26. The molecule has 0 unspecified atom stereocenters. The molecule has 1 aliphatic heterocycles. The minimum absolute atomic E-state index is 0.00212. The van der Waals surface area contributed by atoms with Crippen LogP contribution in [0.3, 0.4) is 0 Å². The van der Waals surface area contributed by atoms with Crippen LogP contribution in [0.4, 0.5) is 5.69 Å². The van der Waals surface area contributed by atoms with Gasteiger partial charge in [-0.15, -0.1) is 0 Å². The van der Waals surface area contributed by atoms with Gasteiger partial charge in [-0.25, -0.2) is 13.1 Å². The molecule has 0 saturated carbocycles. The Hall–Kier alpha value is -2.09. The summed E-state index contributed by atoms with van der Waals surface area (Å²) in [5.41, 5.74) is 1.41. The fraction of sp³-hybridized carbons (Fsp3) is 0.429. The number of carboxylic acids is 1. The molecule has 0 aliphatic carbocycles. The summed E-state index contributed by atoms with van der Waals surface area (Å²) < 4.78 is 26.9. The summed E-state index contributed by atoms with van der Waals surface area (Å²) in [5.74, 6) is -0.550. The average Bonchev–Trinajstić information content (AvgIpc) is 2.42. The summed E-state index contributed by atoms with van der Waals surface area (Å²) in [6.07, 6.45) is 0.346. The van der Waals surface area contributed by atoms with Gasteiger partial charge in [-0.3, -0.25) is 9.79 Å². The third kappa shape index (κ3) is 3.76. The van der Waals surface area contributed by atoms with Crippen molar-refractivity contribution in [2.75, 3.05) is 11.9 Å². The van der Waals surface area contributed by atoms with Crippen LogP contribution in [-0.4, -0.2) is 32.0 Å². The molecule has 0 radical (unpaired) electrons. The second-order valence-corrected chi connectivity index (χ2v) is 7.02. The van der Waals surface area contributed by atoms with E-state index in [1.165, 1.54) is 0 Å². The van der Waals surface area contributed by atoms with Crippen LogP contribution in [0.15, 0.2) is 28.1 Å². The van der Waals surface area contributed by atoms with E-state index in [1.54, 1.807) is 12.1 Å². The predicted octanol–water partition coefficient (Wildman–Crippen LogP) is 1.73. The molecule has 3 N–H and O–H groups in total. The van der Waals surface area contributed by atoms with Gasteiger partial charge < -0.3 is 10.4 Å². The van der Waals surface area contributed by atoms with Crippen molar-refractivity contribution < 1.29 is 18.3 Å². The molecule has 0 atom stereocenters. The van der Waals surface area contributed by atoms with Gasteiger partial charge in [0.05, 0.1) is 5.69 Å². The van der Waals surface area contributed by atoms with Gasteiger partial charge in [-0.05, 0) is 30.0 Å². The summed E-state index contributed by atoms with van der Waals surface area (Å²) in [5, 5.41) is 11.5. The normalized spacial score (nSPS) is 17.7. The van der Waals surface area contributed by atoms with Gasteiger partial charge in [-0.1, -0.05) is 19.9 Å². The first-order valence-electron chi connectivity index (χ1n) is 6.99. The number of nitrogens with one attached hydrogen (secondary N) is 2. The van der Waals surface area contributed by atoms with Crippen LogP contribution in [0.2, 0.25) is 0 Å². The summed E-state index contributed by atoms with van der Waals surface area (Å²) in [6, 6.07) is 5.24. The fourth-order valence-electron chi connectivity index (χ4n) is 2.05. The lowest BCUT2D eigenvalue weighted by Crippen LogP contribution is -2.41. The number of hydrogen-bond donors (Lipinski definition) is 3. The number of fused-ring (bicyclic) bond motifs is 1. The second-order valence-electron chi connectivity index (χ2n) is 5.37. The van der Waals surface area contributed by atoms with Crippen LogP contribution in [0.25, 0.3) is 0 Å². The van der Waals surface area contributed by atoms with Gasteiger partial charge in [0.1, 0.15) is 4.90 Å². The van der Waals surface area contributed by atoms with Crippen LogP contribution in [0.1, 0.15) is 38.2 Å². The first kappa shape index (κ1) is 16.3. The van der Waals surface area contributed by atoms with Crippen molar-refractivity contribution in [1.82, 2.24) is 4.72 Å². The highest BCUT2D eigenvalue weighted by atomic mass is 32.2. The Labute approximate surface area is 129 Å². The third-order valence-corrected chi connectivity index (χ3v) is 4.64. The van der Waals surface area contributed by atoms with Crippen molar-refractivity contribution in [2.45, 2.75) is 37.5 Å². The number of rotatable bonds is 5. The first-order chi connectivity index (χ1) is 10.3. The predicted molar refractivity (Wildman–Crippen MR) is 83.6 cm³/mol. The van der Waals surface area contributed by atoms with E-state index in [1.807, 2.05) is 19.9 Å². The molecule has 120 valence electrons. The van der Waals surface area contributed by atoms with Crippen LogP contribution >= 0.6 is 0 Å². The van der Waals surface area contributed by atoms with Crippen molar-refractivity contribution in [3.8, 4) is 0 Å².